The van der Waals surface area contributed by atoms with E-state index in [1.54, 1.807) is 4.90 Å². The molecule has 0 unspecified atom stereocenters. The number of hydrogen-bond acceptors (Lipinski definition) is 4. The second-order valence-electron chi connectivity index (χ2n) is 3.03. The molecule has 2 rings (SSSR count). The molecule has 2 heterocycles. The fourth-order valence-corrected chi connectivity index (χ4v) is 1.95. The topological polar surface area (TPSA) is 60.8 Å². The molecule has 1 aliphatic heterocycles. The van der Waals surface area contributed by atoms with Crippen LogP contribution in [0.25, 0.3) is 0 Å². The summed E-state index contributed by atoms with van der Waals surface area (Å²) in [5.74, 6) is 0.00465. The molecule has 5 heteroatoms. The second-order valence-corrected chi connectivity index (χ2v) is 3.94. The number of likely N-dealkylation sites (tertiary alicyclic amines) is 1. The predicted molar refractivity (Wildman–Crippen MR) is 47.9 cm³/mol. The summed E-state index contributed by atoms with van der Waals surface area (Å²) in [7, 11) is 0. The molecule has 1 saturated heterocycles. The van der Waals surface area contributed by atoms with Crippen LogP contribution in [0.3, 0.4) is 0 Å². The molecule has 4 nitrogen and oxygen atoms in total. The van der Waals surface area contributed by atoms with Crippen LogP contribution < -0.4 is 0 Å². The number of thiophene rings is 1. The number of carbonyl (C=O) groups excluding carboxylic acids is 1. The summed E-state index contributed by atoms with van der Waals surface area (Å²) in [6.07, 6.45) is -0.377. The fourth-order valence-electron chi connectivity index (χ4n) is 1.22. The van der Waals surface area contributed by atoms with Crippen molar-refractivity contribution in [1.29, 1.82) is 0 Å². The Labute approximate surface area is 79.0 Å². The summed E-state index contributed by atoms with van der Waals surface area (Å²) in [6, 6.07) is 1.44. The van der Waals surface area contributed by atoms with E-state index in [0.29, 0.717) is 18.0 Å². The van der Waals surface area contributed by atoms with Crippen molar-refractivity contribution in [2.24, 2.45) is 0 Å². The van der Waals surface area contributed by atoms with Crippen LogP contribution >= 0.6 is 11.3 Å². The van der Waals surface area contributed by atoms with Crippen LogP contribution in [0.1, 0.15) is 9.67 Å². The lowest BCUT2D eigenvalue weighted by Gasteiger charge is -2.35. The first-order chi connectivity index (χ1) is 6.16. The molecular weight excluding hydrogens is 190 g/mol. The Kier molecular flexibility index (Phi) is 1.97. The van der Waals surface area contributed by atoms with Gasteiger partial charge in [-0.2, -0.15) is 0 Å². The third-order valence-electron chi connectivity index (χ3n) is 1.95. The van der Waals surface area contributed by atoms with Crippen LogP contribution in [-0.4, -0.2) is 40.2 Å². The van der Waals surface area contributed by atoms with Gasteiger partial charge in [0.1, 0.15) is 5.75 Å². The van der Waals surface area contributed by atoms with E-state index in [0.717, 1.165) is 0 Å². The number of aromatic hydroxyl groups is 1. The van der Waals surface area contributed by atoms with E-state index >= 15 is 0 Å². The molecule has 0 aromatic carbocycles. The largest absolute Gasteiger partial charge is 0.507 e. The van der Waals surface area contributed by atoms with Crippen molar-refractivity contribution in [3.8, 4) is 5.75 Å². The van der Waals surface area contributed by atoms with E-state index in [-0.39, 0.29) is 17.8 Å². The van der Waals surface area contributed by atoms with Crippen molar-refractivity contribution >= 4 is 17.2 Å². The molecule has 0 spiro atoms. The summed E-state index contributed by atoms with van der Waals surface area (Å²) < 4.78 is 0. The minimum absolute atomic E-state index is 0.115. The molecule has 0 bridgehead atoms. The molecular formula is C8H9NO3S. The first-order valence-corrected chi connectivity index (χ1v) is 4.79. The van der Waals surface area contributed by atoms with E-state index < -0.39 is 0 Å². The molecule has 0 aliphatic carbocycles. The first kappa shape index (κ1) is 8.52. The lowest BCUT2D eigenvalue weighted by atomic mass is 10.1. The zero-order chi connectivity index (χ0) is 9.42. The molecule has 1 aromatic heterocycles. The van der Waals surface area contributed by atoms with Gasteiger partial charge in [-0.05, 0) is 0 Å². The van der Waals surface area contributed by atoms with Crippen molar-refractivity contribution in [2.45, 2.75) is 6.10 Å². The van der Waals surface area contributed by atoms with Crippen LogP contribution in [0.4, 0.5) is 0 Å². The highest BCUT2D eigenvalue weighted by atomic mass is 32.1. The van der Waals surface area contributed by atoms with E-state index in [9.17, 15) is 4.79 Å². The molecule has 1 aromatic rings. The van der Waals surface area contributed by atoms with Gasteiger partial charge in [-0.15, -0.1) is 11.3 Å². The molecule has 0 saturated carbocycles. The number of aliphatic hydroxyl groups excluding tert-OH is 1. The Morgan fingerprint density at radius 2 is 2.31 bits per heavy atom. The van der Waals surface area contributed by atoms with Gasteiger partial charge in [-0.1, -0.05) is 0 Å². The predicted octanol–water partition coefficient (Wildman–Crippen LogP) is 0.270. The van der Waals surface area contributed by atoms with Gasteiger partial charge >= 0.3 is 0 Å². The van der Waals surface area contributed by atoms with Gasteiger partial charge in [0.2, 0.25) is 0 Å². The number of hydrogen-bond donors (Lipinski definition) is 2. The van der Waals surface area contributed by atoms with Crippen molar-refractivity contribution in [3.05, 3.63) is 16.3 Å². The van der Waals surface area contributed by atoms with Crippen molar-refractivity contribution < 1.29 is 15.0 Å². The van der Waals surface area contributed by atoms with Crippen LogP contribution in [0.2, 0.25) is 0 Å². The maximum absolute atomic E-state index is 11.5. The lowest BCUT2D eigenvalue weighted by molar-refractivity contribution is 0.00622. The summed E-state index contributed by atoms with van der Waals surface area (Å²) in [4.78, 5) is 13.6. The standard InChI is InChI=1S/C8H9NO3S/c10-5-1-7(13-4-5)8(12)9-2-6(11)3-9/h1,4,6,10-11H,2-3H2. The maximum Gasteiger partial charge on any atom is 0.264 e. The van der Waals surface area contributed by atoms with Crippen LogP contribution in [0.5, 0.6) is 5.75 Å². The lowest BCUT2D eigenvalue weighted by Crippen LogP contribution is -2.53. The highest BCUT2D eigenvalue weighted by Gasteiger charge is 2.30. The Bertz CT molecular complexity index is 330. The average molecular weight is 199 g/mol. The molecule has 70 valence electrons. The van der Waals surface area contributed by atoms with Gasteiger partial charge in [0, 0.05) is 24.5 Å². The van der Waals surface area contributed by atoms with E-state index in [2.05, 4.69) is 0 Å². The third kappa shape index (κ3) is 1.52. The molecule has 2 N–H and O–H groups in total. The second kappa shape index (κ2) is 3.01. The van der Waals surface area contributed by atoms with Gasteiger partial charge in [0.15, 0.2) is 0 Å². The zero-order valence-electron chi connectivity index (χ0n) is 6.80. The van der Waals surface area contributed by atoms with Gasteiger partial charge in [0.25, 0.3) is 5.91 Å². The van der Waals surface area contributed by atoms with Gasteiger partial charge in [-0.25, -0.2) is 0 Å². The molecule has 0 atom stereocenters. The molecule has 1 amide bonds. The first-order valence-electron chi connectivity index (χ1n) is 3.91. The van der Waals surface area contributed by atoms with Crippen molar-refractivity contribution in [2.75, 3.05) is 13.1 Å². The van der Waals surface area contributed by atoms with E-state index in [1.165, 1.54) is 22.8 Å². The number of nitrogens with zero attached hydrogens (tertiary/aromatic N) is 1. The molecule has 1 fully saturated rings. The van der Waals surface area contributed by atoms with E-state index in [1.807, 2.05) is 0 Å². The Hall–Kier alpha value is -1.07. The molecule has 13 heavy (non-hydrogen) atoms. The third-order valence-corrected chi connectivity index (χ3v) is 2.85. The molecule has 1 aliphatic rings. The number of carbonyl (C=O) groups is 1. The number of amides is 1. The Morgan fingerprint density at radius 3 is 2.77 bits per heavy atom. The molecule has 0 radical (unpaired) electrons. The van der Waals surface area contributed by atoms with Crippen LogP contribution in [0, 0.1) is 0 Å². The summed E-state index contributed by atoms with van der Waals surface area (Å²) in [5.41, 5.74) is 0. The van der Waals surface area contributed by atoms with Gasteiger partial charge in [-0.3, -0.25) is 4.79 Å². The van der Waals surface area contributed by atoms with Gasteiger partial charge in [0.05, 0.1) is 11.0 Å². The zero-order valence-corrected chi connectivity index (χ0v) is 7.62. The quantitative estimate of drug-likeness (QED) is 0.682. The fraction of sp³-hybridized carbons (Fsp3) is 0.375. The average Bonchev–Trinajstić information content (AvgIpc) is 2.45. The SMILES string of the molecule is O=C(c1cc(O)cs1)N1CC(O)C1. The highest BCUT2D eigenvalue weighted by molar-refractivity contribution is 7.12. The smallest absolute Gasteiger partial charge is 0.264 e. The summed E-state index contributed by atoms with van der Waals surface area (Å²) >= 11 is 1.21. The normalized spacial score (nSPS) is 17.2. The van der Waals surface area contributed by atoms with E-state index in [4.69, 9.17) is 10.2 Å². The Balaban J connectivity index is 2.06. The number of aliphatic hydroxyl groups is 1. The summed E-state index contributed by atoms with van der Waals surface area (Å²) in [6.45, 7) is 0.801. The van der Waals surface area contributed by atoms with Crippen LogP contribution in [-0.2, 0) is 0 Å². The number of rotatable bonds is 1. The maximum atomic E-state index is 11.5. The van der Waals surface area contributed by atoms with Gasteiger partial charge < -0.3 is 15.1 Å². The monoisotopic (exact) mass is 199 g/mol. The Morgan fingerprint density at radius 1 is 1.62 bits per heavy atom. The van der Waals surface area contributed by atoms with Crippen LogP contribution in [0.15, 0.2) is 11.4 Å². The highest BCUT2D eigenvalue weighted by Crippen LogP contribution is 2.23. The van der Waals surface area contributed by atoms with Crippen molar-refractivity contribution in [1.82, 2.24) is 4.90 Å². The minimum atomic E-state index is -0.377. The minimum Gasteiger partial charge on any atom is -0.507 e. The van der Waals surface area contributed by atoms with Crippen molar-refractivity contribution in [3.63, 3.8) is 0 Å². The summed E-state index contributed by atoms with van der Waals surface area (Å²) in [5, 5.41) is 19.5. The number of β-amino-alcohol motifs (C(OH)–C–C–N with tert-alkyl or cyclic N) is 1.